The predicted octanol–water partition coefficient (Wildman–Crippen LogP) is 2.33. The van der Waals surface area contributed by atoms with Gasteiger partial charge in [-0.1, -0.05) is 27.7 Å². The van der Waals surface area contributed by atoms with E-state index in [4.69, 9.17) is 11.6 Å². The summed E-state index contributed by atoms with van der Waals surface area (Å²) < 4.78 is 12.5. The zero-order valence-corrected chi connectivity index (χ0v) is 13.3. The molecular formula is C11H25ClN3O2P. The van der Waals surface area contributed by atoms with E-state index in [2.05, 4.69) is 15.3 Å². The van der Waals surface area contributed by atoms with Crippen LogP contribution in [0.3, 0.4) is 0 Å². The van der Waals surface area contributed by atoms with Crippen molar-refractivity contribution < 1.29 is 9.36 Å². The molecule has 0 bridgehead atoms. The number of rotatable bonds is 9. The molecule has 7 heteroatoms. The Labute approximate surface area is 115 Å². The van der Waals surface area contributed by atoms with Gasteiger partial charge in [0.2, 0.25) is 5.91 Å². The van der Waals surface area contributed by atoms with Gasteiger partial charge in [0.05, 0.1) is 0 Å². The highest BCUT2D eigenvalue weighted by Gasteiger charge is 2.23. The molecule has 0 unspecified atom stereocenters. The lowest BCUT2D eigenvalue weighted by Gasteiger charge is -2.23. The lowest BCUT2D eigenvalue weighted by molar-refractivity contribution is -0.119. The maximum absolute atomic E-state index is 12.5. The van der Waals surface area contributed by atoms with Gasteiger partial charge in [0.15, 0.2) is 0 Å². The number of alkyl halides is 1. The highest BCUT2D eigenvalue weighted by molar-refractivity contribution is 7.58. The van der Waals surface area contributed by atoms with Crippen LogP contribution in [0.2, 0.25) is 0 Å². The van der Waals surface area contributed by atoms with E-state index in [9.17, 15) is 9.36 Å². The molecule has 0 rings (SSSR count). The van der Waals surface area contributed by atoms with Crippen LogP contribution in [0.5, 0.6) is 0 Å². The molecule has 0 heterocycles. The Morgan fingerprint density at radius 3 is 1.89 bits per heavy atom. The minimum atomic E-state index is -3.07. The van der Waals surface area contributed by atoms with Crippen molar-refractivity contribution >= 4 is 25.1 Å². The van der Waals surface area contributed by atoms with Crippen LogP contribution >= 0.6 is 19.2 Å². The summed E-state index contributed by atoms with van der Waals surface area (Å²) in [5.41, 5.74) is 0. The molecule has 0 saturated heterocycles. The Balaban J connectivity index is 4.48. The highest BCUT2D eigenvalue weighted by atomic mass is 35.5. The van der Waals surface area contributed by atoms with Crippen molar-refractivity contribution in [3.8, 4) is 0 Å². The number of hydrogen-bond acceptors (Lipinski definition) is 2. The maximum atomic E-state index is 12.5. The third kappa shape index (κ3) is 8.92. The molecule has 108 valence electrons. The third-order valence-electron chi connectivity index (χ3n) is 2.05. The van der Waals surface area contributed by atoms with E-state index in [0.717, 1.165) is 0 Å². The summed E-state index contributed by atoms with van der Waals surface area (Å²) in [5, 5.41) is 8.33. The lowest BCUT2D eigenvalue weighted by atomic mass is 10.2. The summed E-state index contributed by atoms with van der Waals surface area (Å²) in [6.07, 6.45) is 0.165. The Hall–Kier alpha value is -0.0900. The maximum Gasteiger partial charge on any atom is 0.305 e. The molecule has 0 spiro atoms. The van der Waals surface area contributed by atoms with Gasteiger partial charge >= 0.3 is 7.59 Å². The average Bonchev–Trinajstić information content (AvgIpc) is 2.24. The Bertz CT molecular complexity index is 282. The normalized spacial score (nSPS) is 12.2. The lowest BCUT2D eigenvalue weighted by Crippen LogP contribution is -2.38. The van der Waals surface area contributed by atoms with E-state index >= 15 is 0 Å². The van der Waals surface area contributed by atoms with Crippen molar-refractivity contribution in [1.82, 2.24) is 15.3 Å². The SMILES string of the molecule is CC(C)CNP(=O)(NCC(C)C)NC(=O)CCCl. The van der Waals surface area contributed by atoms with Crippen molar-refractivity contribution in [2.75, 3.05) is 19.0 Å². The van der Waals surface area contributed by atoms with Gasteiger partial charge in [-0.2, -0.15) is 0 Å². The smallest absolute Gasteiger partial charge is 0.283 e. The number of carbonyl (C=O) groups excluding carboxylic acids is 1. The number of amides is 1. The van der Waals surface area contributed by atoms with Crippen LogP contribution in [0, 0.1) is 11.8 Å². The average molecular weight is 298 g/mol. The van der Waals surface area contributed by atoms with Crippen LogP contribution in [-0.4, -0.2) is 24.9 Å². The summed E-state index contributed by atoms with van der Waals surface area (Å²) in [6, 6.07) is 0. The number of halogens is 1. The molecule has 0 aromatic carbocycles. The Morgan fingerprint density at radius 1 is 1.11 bits per heavy atom. The van der Waals surface area contributed by atoms with Gasteiger partial charge < -0.3 is 0 Å². The minimum absolute atomic E-state index is 0.165. The van der Waals surface area contributed by atoms with Crippen LogP contribution in [0.4, 0.5) is 0 Å². The Morgan fingerprint density at radius 2 is 1.56 bits per heavy atom. The minimum Gasteiger partial charge on any atom is -0.283 e. The fourth-order valence-electron chi connectivity index (χ4n) is 1.07. The molecule has 0 fully saturated rings. The second-order valence-electron chi connectivity index (χ2n) is 5.10. The molecular weight excluding hydrogens is 273 g/mol. The zero-order valence-electron chi connectivity index (χ0n) is 11.6. The largest absolute Gasteiger partial charge is 0.305 e. The number of hydrogen-bond donors (Lipinski definition) is 3. The summed E-state index contributed by atoms with van der Waals surface area (Å²) in [6.45, 7) is 9.20. The summed E-state index contributed by atoms with van der Waals surface area (Å²) in [7, 11) is -3.07. The van der Waals surface area contributed by atoms with Gasteiger partial charge in [-0.15, -0.1) is 11.6 Å². The van der Waals surface area contributed by atoms with Crippen molar-refractivity contribution in [3.63, 3.8) is 0 Å². The first-order valence-electron chi connectivity index (χ1n) is 6.26. The third-order valence-corrected chi connectivity index (χ3v) is 4.06. The topological polar surface area (TPSA) is 70.2 Å². The van der Waals surface area contributed by atoms with Gasteiger partial charge in [0, 0.05) is 25.4 Å². The highest BCUT2D eigenvalue weighted by Crippen LogP contribution is 2.30. The van der Waals surface area contributed by atoms with Crippen molar-refractivity contribution in [1.29, 1.82) is 0 Å². The van der Waals surface area contributed by atoms with Crippen LogP contribution in [0.25, 0.3) is 0 Å². The first kappa shape index (κ1) is 17.9. The first-order valence-corrected chi connectivity index (χ1v) is 8.50. The fraction of sp³-hybridized carbons (Fsp3) is 0.909. The number of carbonyl (C=O) groups is 1. The molecule has 0 aromatic rings. The molecule has 18 heavy (non-hydrogen) atoms. The van der Waals surface area contributed by atoms with Gasteiger partial charge in [0.25, 0.3) is 0 Å². The van der Waals surface area contributed by atoms with Crippen molar-refractivity contribution in [2.24, 2.45) is 11.8 Å². The van der Waals surface area contributed by atoms with E-state index in [1.54, 1.807) is 0 Å². The Kier molecular flexibility index (Phi) is 8.87. The monoisotopic (exact) mass is 297 g/mol. The van der Waals surface area contributed by atoms with Crippen LogP contribution in [0.1, 0.15) is 34.1 Å². The predicted molar refractivity (Wildman–Crippen MR) is 76.8 cm³/mol. The van der Waals surface area contributed by atoms with E-state index in [1.165, 1.54) is 0 Å². The zero-order chi connectivity index (χ0) is 14.2. The van der Waals surface area contributed by atoms with Gasteiger partial charge in [-0.25, -0.2) is 10.2 Å². The molecule has 0 aliphatic heterocycles. The molecule has 0 radical (unpaired) electrons. The second kappa shape index (κ2) is 8.92. The van der Waals surface area contributed by atoms with Gasteiger partial charge in [-0.3, -0.25) is 14.4 Å². The second-order valence-corrected chi connectivity index (χ2v) is 7.55. The van der Waals surface area contributed by atoms with Crippen LogP contribution in [0.15, 0.2) is 0 Å². The molecule has 0 aliphatic carbocycles. The van der Waals surface area contributed by atoms with Gasteiger partial charge in [-0.05, 0) is 11.8 Å². The van der Waals surface area contributed by atoms with Gasteiger partial charge in [0.1, 0.15) is 0 Å². The van der Waals surface area contributed by atoms with E-state index < -0.39 is 7.59 Å². The molecule has 5 nitrogen and oxygen atoms in total. The standard InChI is InChI=1S/C11H25ClN3O2P/c1-9(2)7-13-18(17,14-8-10(3)4)15-11(16)5-6-12/h9-10H,5-8H2,1-4H3,(H3,13,14,15,16,17). The first-order chi connectivity index (χ1) is 8.29. The quantitative estimate of drug-likeness (QED) is 0.451. The molecule has 1 amide bonds. The van der Waals surface area contributed by atoms with Crippen molar-refractivity contribution in [3.05, 3.63) is 0 Å². The van der Waals surface area contributed by atoms with Crippen LogP contribution in [-0.2, 0) is 9.36 Å². The van der Waals surface area contributed by atoms with E-state index in [-0.39, 0.29) is 18.2 Å². The molecule has 0 saturated carbocycles. The van der Waals surface area contributed by atoms with Crippen LogP contribution < -0.4 is 15.3 Å². The number of nitrogens with one attached hydrogen (secondary N) is 3. The van der Waals surface area contributed by atoms with Crippen molar-refractivity contribution in [2.45, 2.75) is 34.1 Å². The molecule has 0 aliphatic rings. The molecule has 0 atom stereocenters. The summed E-state index contributed by atoms with van der Waals surface area (Å²) in [5.74, 6) is 0.620. The van der Waals surface area contributed by atoms with E-state index in [1.807, 2.05) is 27.7 Å². The van der Waals surface area contributed by atoms with E-state index in [0.29, 0.717) is 24.9 Å². The summed E-state index contributed by atoms with van der Waals surface area (Å²) >= 11 is 5.49. The fourth-order valence-corrected chi connectivity index (χ4v) is 3.22. The summed E-state index contributed by atoms with van der Waals surface area (Å²) in [4.78, 5) is 11.5. The molecule has 3 N–H and O–H groups in total. The molecule has 0 aromatic heterocycles.